The molecule has 2 rings (SSSR count). The number of carbonyl (C=O) groups excluding carboxylic acids is 1. The third-order valence-corrected chi connectivity index (χ3v) is 4.60. The van der Waals surface area contributed by atoms with Gasteiger partial charge in [0, 0.05) is 18.1 Å². The van der Waals surface area contributed by atoms with Gasteiger partial charge in [-0.05, 0) is 52.9 Å². The maximum atomic E-state index is 12.1. The molecule has 2 fully saturated rings. The summed E-state index contributed by atoms with van der Waals surface area (Å²) in [6.07, 6.45) is 9.70. The molecule has 0 spiro atoms. The summed E-state index contributed by atoms with van der Waals surface area (Å²) in [5, 5.41) is 6.89. The van der Waals surface area contributed by atoms with Gasteiger partial charge in [-0.3, -0.25) is 0 Å². The minimum Gasteiger partial charge on any atom is -0.444 e. The molecule has 0 aromatic rings. The summed E-state index contributed by atoms with van der Waals surface area (Å²) in [4.78, 5) is 12.1. The smallest absolute Gasteiger partial charge is 0.407 e. The molecular weight excluding hydrogens is 276 g/mol. The maximum absolute atomic E-state index is 12.1. The Labute approximate surface area is 135 Å². The molecule has 2 aliphatic rings. The van der Waals surface area contributed by atoms with E-state index in [4.69, 9.17) is 4.74 Å². The quantitative estimate of drug-likeness (QED) is 0.755. The van der Waals surface area contributed by atoms with E-state index >= 15 is 0 Å². The third kappa shape index (κ3) is 6.55. The molecule has 2 aliphatic carbocycles. The van der Waals surface area contributed by atoms with E-state index in [0.717, 1.165) is 18.8 Å². The molecular formula is C18H34N2O2. The van der Waals surface area contributed by atoms with Crippen molar-refractivity contribution in [3.8, 4) is 0 Å². The van der Waals surface area contributed by atoms with E-state index in [9.17, 15) is 4.79 Å². The summed E-state index contributed by atoms with van der Waals surface area (Å²) in [6.45, 7) is 8.01. The molecule has 3 unspecified atom stereocenters. The van der Waals surface area contributed by atoms with Crippen LogP contribution in [0.3, 0.4) is 0 Å². The fraction of sp³-hybridized carbons (Fsp3) is 0.944. The fourth-order valence-corrected chi connectivity index (χ4v) is 3.43. The molecule has 128 valence electrons. The summed E-state index contributed by atoms with van der Waals surface area (Å²) < 4.78 is 5.43. The Balaban J connectivity index is 1.86. The average molecular weight is 310 g/mol. The van der Waals surface area contributed by atoms with Crippen LogP contribution < -0.4 is 10.6 Å². The van der Waals surface area contributed by atoms with Crippen LogP contribution in [0.2, 0.25) is 0 Å². The van der Waals surface area contributed by atoms with E-state index in [1.165, 1.54) is 38.5 Å². The van der Waals surface area contributed by atoms with Gasteiger partial charge >= 0.3 is 6.09 Å². The van der Waals surface area contributed by atoms with Crippen molar-refractivity contribution in [2.24, 2.45) is 5.92 Å². The second-order valence-corrected chi connectivity index (χ2v) is 8.24. The zero-order chi connectivity index (χ0) is 16.2. The summed E-state index contributed by atoms with van der Waals surface area (Å²) >= 11 is 0. The third-order valence-electron chi connectivity index (χ3n) is 4.60. The van der Waals surface area contributed by atoms with E-state index in [2.05, 4.69) is 17.6 Å². The van der Waals surface area contributed by atoms with E-state index in [1.54, 1.807) is 0 Å². The minimum absolute atomic E-state index is 0.194. The lowest BCUT2D eigenvalue weighted by Gasteiger charge is -2.31. The maximum Gasteiger partial charge on any atom is 0.407 e. The number of carbonyl (C=O) groups is 1. The monoisotopic (exact) mass is 310 g/mol. The molecule has 0 aromatic carbocycles. The number of nitrogens with one attached hydrogen (secondary N) is 2. The molecule has 0 aromatic heterocycles. The van der Waals surface area contributed by atoms with Crippen LogP contribution in [0, 0.1) is 5.92 Å². The van der Waals surface area contributed by atoms with Gasteiger partial charge in [0.25, 0.3) is 0 Å². The lowest BCUT2D eigenvalue weighted by Crippen LogP contribution is -2.52. The molecule has 4 nitrogen and oxygen atoms in total. The molecule has 0 bridgehead atoms. The highest BCUT2D eigenvalue weighted by Gasteiger charge is 2.30. The van der Waals surface area contributed by atoms with Crippen molar-refractivity contribution in [1.82, 2.24) is 10.6 Å². The number of hydrogen-bond donors (Lipinski definition) is 2. The fourth-order valence-electron chi connectivity index (χ4n) is 3.43. The molecule has 22 heavy (non-hydrogen) atoms. The second-order valence-electron chi connectivity index (χ2n) is 8.24. The highest BCUT2D eigenvalue weighted by molar-refractivity contribution is 5.68. The van der Waals surface area contributed by atoms with Gasteiger partial charge in [-0.15, -0.1) is 0 Å². The lowest BCUT2D eigenvalue weighted by atomic mass is 10.0. The van der Waals surface area contributed by atoms with Crippen molar-refractivity contribution in [1.29, 1.82) is 0 Å². The Morgan fingerprint density at radius 1 is 1.09 bits per heavy atom. The first kappa shape index (κ1) is 17.6. The van der Waals surface area contributed by atoms with Gasteiger partial charge in [-0.25, -0.2) is 4.79 Å². The van der Waals surface area contributed by atoms with E-state index in [-0.39, 0.29) is 12.1 Å². The predicted octanol–water partition coefficient (Wildman–Crippen LogP) is 3.99. The van der Waals surface area contributed by atoms with Crippen LogP contribution in [-0.4, -0.2) is 29.8 Å². The van der Waals surface area contributed by atoms with Gasteiger partial charge in [0.2, 0.25) is 0 Å². The Kier molecular flexibility index (Phi) is 6.13. The molecule has 0 radical (unpaired) electrons. The molecule has 2 N–H and O–H groups in total. The molecule has 2 saturated carbocycles. The summed E-state index contributed by atoms with van der Waals surface area (Å²) in [5.41, 5.74) is -0.434. The number of alkyl carbamates (subject to hydrolysis) is 1. The van der Waals surface area contributed by atoms with Gasteiger partial charge < -0.3 is 15.4 Å². The second kappa shape index (κ2) is 7.67. The van der Waals surface area contributed by atoms with Gasteiger partial charge in [0.05, 0.1) is 0 Å². The van der Waals surface area contributed by atoms with Crippen molar-refractivity contribution >= 4 is 6.09 Å². The number of ether oxygens (including phenoxy) is 1. The van der Waals surface area contributed by atoms with Crippen molar-refractivity contribution < 1.29 is 9.53 Å². The zero-order valence-corrected chi connectivity index (χ0v) is 14.8. The Hall–Kier alpha value is -0.770. The standard InChI is InChI=1S/C18H34N2O2/c1-13(12-14-10-11-14)19-15-8-6-5-7-9-16(15)20-17(21)22-18(2,3)4/h13-16,19H,5-12H2,1-4H3,(H,20,21). The number of rotatable bonds is 5. The van der Waals surface area contributed by atoms with E-state index in [1.807, 2.05) is 20.8 Å². The first-order valence-corrected chi connectivity index (χ1v) is 9.09. The van der Waals surface area contributed by atoms with Crippen LogP contribution in [0.15, 0.2) is 0 Å². The van der Waals surface area contributed by atoms with Crippen LogP contribution in [0.5, 0.6) is 0 Å². The van der Waals surface area contributed by atoms with Crippen LogP contribution >= 0.6 is 0 Å². The van der Waals surface area contributed by atoms with E-state index in [0.29, 0.717) is 12.1 Å². The van der Waals surface area contributed by atoms with Crippen LogP contribution in [0.1, 0.15) is 79.1 Å². The molecule has 0 aliphatic heterocycles. The number of amides is 1. The Morgan fingerprint density at radius 2 is 1.73 bits per heavy atom. The molecule has 0 saturated heterocycles. The van der Waals surface area contributed by atoms with E-state index < -0.39 is 5.60 Å². The van der Waals surface area contributed by atoms with Crippen molar-refractivity contribution in [2.45, 2.75) is 103 Å². The SMILES string of the molecule is CC(CC1CC1)NC1CCCCCC1NC(=O)OC(C)(C)C. The molecule has 1 amide bonds. The van der Waals surface area contributed by atoms with Crippen LogP contribution in [-0.2, 0) is 4.74 Å². The minimum atomic E-state index is -0.434. The van der Waals surface area contributed by atoms with Crippen molar-refractivity contribution in [2.75, 3.05) is 0 Å². The zero-order valence-electron chi connectivity index (χ0n) is 14.8. The van der Waals surface area contributed by atoms with Crippen LogP contribution in [0.25, 0.3) is 0 Å². The molecule has 3 atom stereocenters. The summed E-state index contributed by atoms with van der Waals surface area (Å²) in [5.74, 6) is 0.936. The van der Waals surface area contributed by atoms with Crippen LogP contribution in [0.4, 0.5) is 4.79 Å². The first-order valence-electron chi connectivity index (χ1n) is 9.09. The Morgan fingerprint density at radius 3 is 2.32 bits per heavy atom. The predicted molar refractivity (Wildman–Crippen MR) is 90.0 cm³/mol. The average Bonchev–Trinajstić information content (AvgIpc) is 3.17. The van der Waals surface area contributed by atoms with Gasteiger partial charge in [-0.2, -0.15) is 0 Å². The lowest BCUT2D eigenvalue weighted by molar-refractivity contribution is 0.0488. The van der Waals surface area contributed by atoms with Gasteiger partial charge in [0.15, 0.2) is 0 Å². The van der Waals surface area contributed by atoms with Gasteiger partial charge in [-0.1, -0.05) is 32.1 Å². The topological polar surface area (TPSA) is 50.4 Å². The Bertz CT molecular complexity index is 361. The summed E-state index contributed by atoms with van der Waals surface area (Å²) in [7, 11) is 0. The molecule has 4 heteroatoms. The largest absolute Gasteiger partial charge is 0.444 e. The first-order chi connectivity index (χ1) is 10.3. The number of hydrogen-bond acceptors (Lipinski definition) is 3. The van der Waals surface area contributed by atoms with Gasteiger partial charge in [0.1, 0.15) is 5.60 Å². The van der Waals surface area contributed by atoms with Crippen molar-refractivity contribution in [3.05, 3.63) is 0 Å². The van der Waals surface area contributed by atoms with Crippen molar-refractivity contribution in [3.63, 3.8) is 0 Å². The highest BCUT2D eigenvalue weighted by Crippen LogP contribution is 2.33. The summed E-state index contributed by atoms with van der Waals surface area (Å²) in [6, 6.07) is 1.11. The highest BCUT2D eigenvalue weighted by atomic mass is 16.6. The molecule has 0 heterocycles. The normalized spacial score (nSPS) is 27.8.